The fourth-order valence-corrected chi connectivity index (χ4v) is 2.13. The summed E-state index contributed by atoms with van der Waals surface area (Å²) >= 11 is 0. The molecule has 0 saturated carbocycles. The molecule has 19 heavy (non-hydrogen) atoms. The van der Waals surface area contributed by atoms with Crippen molar-refractivity contribution in [3.8, 4) is 0 Å². The van der Waals surface area contributed by atoms with Gasteiger partial charge in [-0.15, -0.1) is 0 Å². The molecule has 3 rings (SSSR count). The number of morpholine rings is 1. The van der Waals surface area contributed by atoms with Crippen LogP contribution in [0.5, 0.6) is 0 Å². The van der Waals surface area contributed by atoms with E-state index in [1.165, 1.54) is 11.3 Å². The first kappa shape index (κ1) is 12.0. The molecule has 5 heteroatoms. The number of nitrogens with zero attached hydrogens (tertiary/aromatic N) is 2. The lowest BCUT2D eigenvalue weighted by Crippen LogP contribution is -2.36. The second-order valence-electron chi connectivity index (χ2n) is 4.46. The molecule has 0 atom stereocenters. The SMILES string of the molecule is c1coc(NCc2ccc(N3CCOCC3)cc2)n1. The van der Waals surface area contributed by atoms with E-state index in [-0.39, 0.29) is 0 Å². The molecule has 0 radical (unpaired) electrons. The zero-order valence-corrected chi connectivity index (χ0v) is 10.7. The first-order valence-corrected chi connectivity index (χ1v) is 6.47. The third-order valence-electron chi connectivity index (χ3n) is 3.19. The van der Waals surface area contributed by atoms with Gasteiger partial charge in [0.15, 0.2) is 0 Å². The molecule has 1 aliphatic rings. The van der Waals surface area contributed by atoms with Gasteiger partial charge < -0.3 is 19.4 Å². The van der Waals surface area contributed by atoms with Crippen LogP contribution in [0, 0.1) is 0 Å². The van der Waals surface area contributed by atoms with Gasteiger partial charge in [0, 0.05) is 25.3 Å². The van der Waals surface area contributed by atoms with E-state index in [4.69, 9.17) is 9.15 Å². The van der Waals surface area contributed by atoms with Gasteiger partial charge in [0.1, 0.15) is 6.26 Å². The van der Waals surface area contributed by atoms with Crippen LogP contribution in [0.2, 0.25) is 0 Å². The molecule has 0 bridgehead atoms. The summed E-state index contributed by atoms with van der Waals surface area (Å²) in [5.41, 5.74) is 2.46. The van der Waals surface area contributed by atoms with Crippen LogP contribution >= 0.6 is 0 Å². The van der Waals surface area contributed by atoms with Crippen LogP contribution in [0.1, 0.15) is 5.56 Å². The normalized spacial score (nSPS) is 15.5. The van der Waals surface area contributed by atoms with Crippen LogP contribution in [0.25, 0.3) is 0 Å². The number of hydrogen-bond acceptors (Lipinski definition) is 5. The van der Waals surface area contributed by atoms with Crippen molar-refractivity contribution in [2.45, 2.75) is 6.54 Å². The highest BCUT2D eigenvalue weighted by molar-refractivity contribution is 5.48. The van der Waals surface area contributed by atoms with E-state index in [1.54, 1.807) is 12.5 Å². The highest BCUT2D eigenvalue weighted by atomic mass is 16.5. The van der Waals surface area contributed by atoms with Gasteiger partial charge in [-0.05, 0) is 17.7 Å². The average Bonchev–Trinajstić information content (AvgIpc) is 3.00. The van der Waals surface area contributed by atoms with Crippen molar-refractivity contribution in [3.63, 3.8) is 0 Å². The van der Waals surface area contributed by atoms with Crippen molar-refractivity contribution in [1.82, 2.24) is 4.98 Å². The number of hydrogen-bond donors (Lipinski definition) is 1. The third kappa shape index (κ3) is 3.06. The largest absolute Gasteiger partial charge is 0.432 e. The maximum Gasteiger partial charge on any atom is 0.294 e. The van der Waals surface area contributed by atoms with Crippen molar-refractivity contribution in [1.29, 1.82) is 0 Å². The number of rotatable bonds is 4. The molecule has 1 saturated heterocycles. The maximum atomic E-state index is 5.36. The van der Waals surface area contributed by atoms with Gasteiger partial charge in [-0.25, -0.2) is 4.98 Å². The van der Waals surface area contributed by atoms with Crippen molar-refractivity contribution < 1.29 is 9.15 Å². The predicted molar refractivity (Wildman–Crippen MR) is 73.3 cm³/mol. The number of aromatic nitrogens is 1. The fourth-order valence-electron chi connectivity index (χ4n) is 2.13. The van der Waals surface area contributed by atoms with Crippen LogP contribution in [0.15, 0.2) is 41.1 Å². The van der Waals surface area contributed by atoms with Gasteiger partial charge in [0.05, 0.1) is 19.4 Å². The summed E-state index contributed by atoms with van der Waals surface area (Å²) in [7, 11) is 0. The monoisotopic (exact) mass is 259 g/mol. The number of anilines is 2. The Hall–Kier alpha value is -2.01. The van der Waals surface area contributed by atoms with Crippen molar-refractivity contribution >= 4 is 11.7 Å². The van der Waals surface area contributed by atoms with Gasteiger partial charge in [0.25, 0.3) is 6.01 Å². The molecular formula is C14H17N3O2. The van der Waals surface area contributed by atoms with Gasteiger partial charge in [-0.1, -0.05) is 12.1 Å². The summed E-state index contributed by atoms with van der Waals surface area (Å²) in [5.74, 6) is 0. The smallest absolute Gasteiger partial charge is 0.294 e. The Balaban J connectivity index is 1.58. The standard InChI is InChI=1S/C14H17N3O2/c1-3-13(17-6-9-18-10-7-17)4-2-12(1)11-16-14-15-5-8-19-14/h1-5,8H,6-7,9-11H2,(H,15,16). The van der Waals surface area contributed by atoms with E-state index in [9.17, 15) is 0 Å². The Labute approximate surface area is 112 Å². The predicted octanol–water partition coefficient (Wildman–Crippen LogP) is 2.12. The highest BCUT2D eigenvalue weighted by Gasteiger charge is 2.10. The summed E-state index contributed by atoms with van der Waals surface area (Å²) in [4.78, 5) is 6.36. The molecule has 100 valence electrons. The second-order valence-corrected chi connectivity index (χ2v) is 4.46. The minimum Gasteiger partial charge on any atom is -0.432 e. The lowest BCUT2D eigenvalue weighted by Gasteiger charge is -2.28. The van der Waals surface area contributed by atoms with Gasteiger partial charge >= 0.3 is 0 Å². The molecule has 0 spiro atoms. The summed E-state index contributed by atoms with van der Waals surface area (Å²) in [6, 6.07) is 9.11. The van der Waals surface area contributed by atoms with Gasteiger partial charge in [0.2, 0.25) is 0 Å². The molecule has 1 aromatic heterocycles. The molecule has 0 aliphatic carbocycles. The lowest BCUT2D eigenvalue weighted by molar-refractivity contribution is 0.122. The highest BCUT2D eigenvalue weighted by Crippen LogP contribution is 2.17. The first-order chi connectivity index (χ1) is 9.42. The van der Waals surface area contributed by atoms with E-state index in [2.05, 4.69) is 39.5 Å². The Morgan fingerprint density at radius 1 is 1.16 bits per heavy atom. The van der Waals surface area contributed by atoms with Gasteiger partial charge in [-0.3, -0.25) is 0 Å². The Morgan fingerprint density at radius 2 is 1.95 bits per heavy atom. The molecule has 1 aliphatic heterocycles. The maximum absolute atomic E-state index is 5.36. The van der Waals surface area contributed by atoms with Crippen molar-refractivity contribution in [2.24, 2.45) is 0 Å². The number of ether oxygens (including phenoxy) is 1. The summed E-state index contributed by atoms with van der Waals surface area (Å²) in [5, 5.41) is 3.13. The molecule has 1 fully saturated rings. The molecule has 5 nitrogen and oxygen atoms in total. The zero-order chi connectivity index (χ0) is 12.9. The zero-order valence-electron chi connectivity index (χ0n) is 10.7. The molecule has 0 amide bonds. The van der Waals surface area contributed by atoms with Crippen LogP contribution in [-0.2, 0) is 11.3 Å². The minimum atomic E-state index is 0.553. The van der Waals surface area contributed by atoms with Crippen molar-refractivity contribution in [2.75, 3.05) is 36.5 Å². The second kappa shape index (κ2) is 5.75. The lowest BCUT2D eigenvalue weighted by atomic mass is 10.2. The average molecular weight is 259 g/mol. The Bertz CT molecular complexity index is 490. The number of nitrogens with one attached hydrogen (secondary N) is 1. The summed E-state index contributed by atoms with van der Waals surface area (Å²) in [6.07, 6.45) is 3.19. The van der Waals surface area contributed by atoms with Crippen LogP contribution < -0.4 is 10.2 Å². The molecule has 1 N–H and O–H groups in total. The third-order valence-corrected chi connectivity index (χ3v) is 3.19. The molecular weight excluding hydrogens is 242 g/mol. The molecule has 2 aromatic rings. The molecule has 0 unspecified atom stereocenters. The van der Waals surface area contributed by atoms with E-state index in [0.717, 1.165) is 26.3 Å². The van der Waals surface area contributed by atoms with E-state index < -0.39 is 0 Å². The number of benzene rings is 1. The molecule has 1 aromatic carbocycles. The summed E-state index contributed by atoms with van der Waals surface area (Å²) in [6.45, 7) is 4.27. The number of oxazole rings is 1. The molecule has 2 heterocycles. The summed E-state index contributed by atoms with van der Waals surface area (Å²) < 4.78 is 10.5. The first-order valence-electron chi connectivity index (χ1n) is 6.47. The topological polar surface area (TPSA) is 50.5 Å². The Morgan fingerprint density at radius 3 is 2.63 bits per heavy atom. The van der Waals surface area contributed by atoms with Crippen molar-refractivity contribution in [3.05, 3.63) is 42.3 Å². The van der Waals surface area contributed by atoms with E-state index in [1.807, 2.05) is 0 Å². The van der Waals surface area contributed by atoms with Gasteiger partial charge in [-0.2, -0.15) is 0 Å². The van der Waals surface area contributed by atoms with E-state index >= 15 is 0 Å². The van der Waals surface area contributed by atoms with Crippen LogP contribution in [0.3, 0.4) is 0 Å². The van der Waals surface area contributed by atoms with Crippen LogP contribution in [-0.4, -0.2) is 31.3 Å². The fraction of sp³-hybridized carbons (Fsp3) is 0.357. The minimum absolute atomic E-state index is 0.553. The van der Waals surface area contributed by atoms with Crippen LogP contribution in [0.4, 0.5) is 11.7 Å². The Kier molecular flexibility index (Phi) is 3.65. The quantitative estimate of drug-likeness (QED) is 0.911. The van der Waals surface area contributed by atoms with E-state index in [0.29, 0.717) is 12.6 Å².